The summed E-state index contributed by atoms with van der Waals surface area (Å²) in [6.07, 6.45) is 2.62. The van der Waals surface area contributed by atoms with E-state index in [1.807, 2.05) is 79.0 Å². The molecule has 1 aromatic heterocycles. The molecular weight excluding hydrogens is 404 g/mol. The number of ether oxygens (including phenoxy) is 1. The van der Waals surface area contributed by atoms with E-state index in [1.54, 1.807) is 18.9 Å². The number of nitrogens with one attached hydrogen (secondary N) is 1. The fourth-order valence-electron chi connectivity index (χ4n) is 3.42. The summed E-state index contributed by atoms with van der Waals surface area (Å²) in [4.78, 5) is 18.2. The van der Waals surface area contributed by atoms with Gasteiger partial charge in [-0.1, -0.05) is 42.5 Å². The number of hydrogen-bond acceptors (Lipinski definition) is 4. The molecule has 4 nitrogen and oxygen atoms in total. The van der Waals surface area contributed by atoms with Crippen molar-refractivity contribution in [1.29, 1.82) is 0 Å². The number of thioether (sulfide) groups is 1. The highest BCUT2D eigenvalue weighted by Gasteiger charge is 2.12. The largest absolute Gasteiger partial charge is 0.497 e. The molecule has 0 fully saturated rings. The first kappa shape index (κ1) is 20.9. The Balaban J connectivity index is 1.39. The normalized spacial score (nSPS) is 10.7. The Morgan fingerprint density at radius 3 is 2.58 bits per heavy atom. The number of benzene rings is 3. The lowest BCUT2D eigenvalue weighted by atomic mass is 10.1. The molecule has 4 rings (SSSR count). The average Bonchev–Trinajstić information content (AvgIpc) is 2.83. The molecule has 0 saturated carbocycles. The number of aromatic nitrogens is 1. The lowest BCUT2D eigenvalue weighted by Gasteiger charge is -2.11. The maximum Gasteiger partial charge on any atom is 0.252 e. The Labute approximate surface area is 186 Å². The van der Waals surface area contributed by atoms with Crippen LogP contribution in [0.1, 0.15) is 21.5 Å². The molecule has 0 aliphatic heterocycles. The van der Waals surface area contributed by atoms with Gasteiger partial charge in [0.2, 0.25) is 0 Å². The second-order valence-electron chi connectivity index (χ2n) is 7.13. The van der Waals surface area contributed by atoms with E-state index in [-0.39, 0.29) is 5.91 Å². The van der Waals surface area contributed by atoms with Gasteiger partial charge < -0.3 is 10.1 Å². The molecule has 1 N–H and O–H groups in total. The summed E-state index contributed by atoms with van der Waals surface area (Å²) in [5, 5.41) is 4.20. The van der Waals surface area contributed by atoms with Crippen LogP contribution in [0.3, 0.4) is 0 Å². The summed E-state index contributed by atoms with van der Waals surface area (Å²) < 4.78 is 5.19. The van der Waals surface area contributed by atoms with E-state index in [4.69, 9.17) is 4.74 Å². The van der Waals surface area contributed by atoms with Gasteiger partial charge in [0.15, 0.2) is 0 Å². The van der Waals surface area contributed by atoms with Crippen molar-refractivity contribution in [2.24, 2.45) is 0 Å². The van der Waals surface area contributed by atoms with Crippen molar-refractivity contribution in [3.8, 4) is 5.75 Å². The smallest absolute Gasteiger partial charge is 0.252 e. The zero-order valence-corrected chi connectivity index (χ0v) is 18.2. The minimum atomic E-state index is -0.0452. The Kier molecular flexibility index (Phi) is 6.85. The van der Waals surface area contributed by atoms with Gasteiger partial charge in [0.25, 0.3) is 5.91 Å². The summed E-state index contributed by atoms with van der Waals surface area (Å²) in [5.41, 5.74) is 4.07. The molecule has 1 amide bonds. The first-order valence-corrected chi connectivity index (χ1v) is 11.2. The van der Waals surface area contributed by atoms with Crippen LogP contribution in [0, 0.1) is 0 Å². The molecule has 0 aliphatic carbocycles. The highest BCUT2D eigenvalue weighted by atomic mass is 32.2. The van der Waals surface area contributed by atoms with Crippen molar-refractivity contribution in [3.05, 3.63) is 102 Å². The maximum absolute atomic E-state index is 12.8. The molecule has 3 aromatic carbocycles. The van der Waals surface area contributed by atoms with Crippen LogP contribution in [-0.2, 0) is 12.2 Å². The lowest BCUT2D eigenvalue weighted by Crippen LogP contribution is -2.26. The molecule has 4 aromatic rings. The minimum Gasteiger partial charge on any atom is -0.497 e. The van der Waals surface area contributed by atoms with Crippen LogP contribution >= 0.6 is 11.8 Å². The summed E-state index contributed by atoms with van der Waals surface area (Å²) in [6, 6.07) is 25.9. The Morgan fingerprint density at radius 2 is 1.74 bits per heavy atom. The van der Waals surface area contributed by atoms with E-state index in [0.29, 0.717) is 12.1 Å². The molecule has 0 radical (unpaired) electrons. The molecule has 0 atom stereocenters. The van der Waals surface area contributed by atoms with Crippen LogP contribution in [0.25, 0.3) is 10.9 Å². The van der Waals surface area contributed by atoms with Crippen molar-refractivity contribution >= 4 is 28.6 Å². The summed E-state index contributed by atoms with van der Waals surface area (Å²) in [5.74, 6) is 1.57. The van der Waals surface area contributed by atoms with Crippen molar-refractivity contribution in [1.82, 2.24) is 10.3 Å². The molecule has 5 heteroatoms. The fraction of sp³-hybridized carbons (Fsp3) is 0.154. The average molecular weight is 429 g/mol. The van der Waals surface area contributed by atoms with Crippen molar-refractivity contribution in [3.63, 3.8) is 0 Å². The topological polar surface area (TPSA) is 51.2 Å². The molecule has 156 valence electrons. The van der Waals surface area contributed by atoms with Gasteiger partial charge in [-0.15, -0.1) is 11.8 Å². The van der Waals surface area contributed by atoms with Crippen LogP contribution in [0.4, 0.5) is 0 Å². The second kappa shape index (κ2) is 10.1. The first-order chi connectivity index (χ1) is 15.2. The molecule has 0 unspecified atom stereocenters. The van der Waals surface area contributed by atoms with E-state index in [9.17, 15) is 4.79 Å². The summed E-state index contributed by atoms with van der Waals surface area (Å²) in [6.45, 7) is 0.582. The third kappa shape index (κ3) is 5.25. The standard InChI is InChI=1S/C26H24N2O2S/c1-30-21-12-10-19(11-13-21)14-16-28-26(29)23-7-3-5-9-25(23)31-18-20-15-17-27-24-8-4-2-6-22(20)24/h2-13,15,17H,14,16,18H2,1H3,(H,28,29). The number of carbonyl (C=O) groups excluding carboxylic acids is 1. The number of methoxy groups -OCH3 is 1. The van der Waals surface area contributed by atoms with Gasteiger partial charge in [0.05, 0.1) is 18.2 Å². The van der Waals surface area contributed by atoms with Gasteiger partial charge in [-0.25, -0.2) is 0 Å². The second-order valence-corrected chi connectivity index (χ2v) is 8.14. The van der Waals surface area contributed by atoms with Crippen molar-refractivity contribution in [2.75, 3.05) is 13.7 Å². The van der Waals surface area contributed by atoms with Gasteiger partial charge in [0.1, 0.15) is 5.75 Å². The highest BCUT2D eigenvalue weighted by Crippen LogP contribution is 2.29. The number of pyridine rings is 1. The monoisotopic (exact) mass is 428 g/mol. The number of fused-ring (bicyclic) bond motifs is 1. The van der Waals surface area contributed by atoms with Gasteiger partial charge in [-0.05, 0) is 53.9 Å². The molecular formula is C26H24N2O2S. The quantitative estimate of drug-likeness (QED) is 0.376. The van der Waals surface area contributed by atoms with Crippen LogP contribution < -0.4 is 10.1 Å². The van der Waals surface area contributed by atoms with E-state index >= 15 is 0 Å². The number of para-hydroxylation sites is 1. The highest BCUT2D eigenvalue weighted by molar-refractivity contribution is 7.98. The predicted octanol–water partition coefficient (Wildman–Crippen LogP) is 5.51. The molecule has 0 saturated heterocycles. The Morgan fingerprint density at radius 1 is 0.968 bits per heavy atom. The number of amides is 1. The maximum atomic E-state index is 12.8. The first-order valence-electron chi connectivity index (χ1n) is 10.2. The van der Waals surface area contributed by atoms with Crippen LogP contribution in [-0.4, -0.2) is 24.5 Å². The van der Waals surface area contributed by atoms with E-state index in [1.165, 1.54) is 5.56 Å². The van der Waals surface area contributed by atoms with Gasteiger partial charge >= 0.3 is 0 Å². The molecule has 31 heavy (non-hydrogen) atoms. The number of rotatable bonds is 8. The Bertz CT molecular complexity index is 1170. The number of hydrogen-bond donors (Lipinski definition) is 1. The fourth-order valence-corrected chi connectivity index (χ4v) is 4.48. The van der Waals surface area contributed by atoms with E-state index < -0.39 is 0 Å². The minimum absolute atomic E-state index is 0.0452. The van der Waals surface area contributed by atoms with Gasteiger partial charge in [-0.2, -0.15) is 0 Å². The van der Waals surface area contributed by atoms with E-state index in [2.05, 4.69) is 16.4 Å². The molecule has 1 heterocycles. The van der Waals surface area contributed by atoms with Crippen LogP contribution in [0.15, 0.2) is 90.0 Å². The van der Waals surface area contributed by atoms with Crippen LogP contribution in [0.5, 0.6) is 5.75 Å². The zero-order valence-electron chi connectivity index (χ0n) is 17.4. The molecule has 0 spiro atoms. The van der Waals surface area contributed by atoms with Gasteiger partial charge in [-0.3, -0.25) is 9.78 Å². The third-order valence-electron chi connectivity index (χ3n) is 5.11. The number of carbonyl (C=O) groups is 1. The van der Waals surface area contributed by atoms with Crippen molar-refractivity contribution in [2.45, 2.75) is 17.1 Å². The van der Waals surface area contributed by atoms with Gasteiger partial charge in [0, 0.05) is 28.8 Å². The lowest BCUT2D eigenvalue weighted by molar-refractivity contribution is 0.0951. The number of nitrogens with zero attached hydrogens (tertiary/aromatic N) is 1. The summed E-state index contributed by atoms with van der Waals surface area (Å²) in [7, 11) is 1.65. The SMILES string of the molecule is COc1ccc(CCNC(=O)c2ccccc2SCc2ccnc3ccccc23)cc1. The Hall–Kier alpha value is -3.31. The van der Waals surface area contributed by atoms with E-state index in [0.717, 1.165) is 39.3 Å². The third-order valence-corrected chi connectivity index (χ3v) is 6.23. The van der Waals surface area contributed by atoms with Crippen molar-refractivity contribution < 1.29 is 9.53 Å². The summed E-state index contributed by atoms with van der Waals surface area (Å²) >= 11 is 1.67. The van der Waals surface area contributed by atoms with Crippen LogP contribution in [0.2, 0.25) is 0 Å². The molecule has 0 aliphatic rings. The zero-order chi connectivity index (χ0) is 21.5. The predicted molar refractivity (Wildman–Crippen MR) is 127 cm³/mol. The molecule has 0 bridgehead atoms.